The molecule has 0 saturated carbocycles. The van der Waals surface area contributed by atoms with E-state index < -0.39 is 12.4 Å². The molecule has 14 heteroatoms. The number of nitrogens with one attached hydrogen (secondary N) is 3. The molecule has 0 aliphatic heterocycles. The van der Waals surface area contributed by atoms with Gasteiger partial charge in [0.1, 0.15) is 11.4 Å². The monoisotopic (exact) mass is 599 g/mol. The van der Waals surface area contributed by atoms with Crippen LogP contribution in [0.15, 0.2) is 76.1 Å². The Labute approximate surface area is 244 Å². The second-order valence-electron chi connectivity index (χ2n) is 9.18. The van der Waals surface area contributed by atoms with E-state index in [0.717, 1.165) is 39.9 Å². The van der Waals surface area contributed by atoms with Crippen molar-refractivity contribution in [2.75, 3.05) is 12.4 Å². The Bertz CT molecular complexity index is 1600. The summed E-state index contributed by atoms with van der Waals surface area (Å²) in [7, 11) is 3.17. The Morgan fingerprint density at radius 3 is 2.52 bits per heavy atom. The molecule has 42 heavy (non-hydrogen) atoms. The minimum Gasteiger partial charge on any atom is -0.406 e. The Kier molecular flexibility index (Phi) is 9.70. The van der Waals surface area contributed by atoms with Crippen molar-refractivity contribution in [1.29, 1.82) is 0 Å². The van der Waals surface area contributed by atoms with Gasteiger partial charge in [-0.05, 0) is 59.5 Å². The first-order valence-corrected chi connectivity index (χ1v) is 13.4. The van der Waals surface area contributed by atoms with E-state index in [4.69, 9.17) is 4.84 Å². The SMILES string of the molecule is CONC(=Nc1ccc(OC(F)(F)F)cc1)c1nn(C)c2cc(C=NSNC(=O)Nc3ccccc3C(C)C)ccc12. The van der Waals surface area contributed by atoms with Crippen molar-refractivity contribution < 1.29 is 27.5 Å². The number of ether oxygens (including phenoxy) is 1. The number of rotatable bonds is 9. The molecular formula is C28H28F3N7O3S. The van der Waals surface area contributed by atoms with Gasteiger partial charge in [-0.2, -0.15) is 5.10 Å². The highest BCUT2D eigenvalue weighted by Crippen LogP contribution is 2.27. The first-order valence-electron chi connectivity index (χ1n) is 12.6. The highest BCUT2D eigenvalue weighted by molar-refractivity contribution is 7.96. The second kappa shape index (κ2) is 13.4. The summed E-state index contributed by atoms with van der Waals surface area (Å²) >= 11 is 0.889. The number of nitrogens with zero attached hydrogens (tertiary/aromatic N) is 4. The third kappa shape index (κ3) is 8.01. The fourth-order valence-corrected chi connectivity index (χ4v) is 4.38. The van der Waals surface area contributed by atoms with Crippen LogP contribution in [0, 0.1) is 0 Å². The topological polar surface area (TPSA) is 114 Å². The molecule has 0 aliphatic rings. The molecule has 3 N–H and O–H groups in total. The molecule has 1 aromatic heterocycles. The molecule has 2 amide bonds. The summed E-state index contributed by atoms with van der Waals surface area (Å²) in [5.41, 5.74) is 6.80. The van der Waals surface area contributed by atoms with Gasteiger partial charge < -0.3 is 10.1 Å². The summed E-state index contributed by atoms with van der Waals surface area (Å²) in [5.74, 6) is 0.153. The lowest BCUT2D eigenvalue weighted by Gasteiger charge is -2.13. The van der Waals surface area contributed by atoms with E-state index in [1.165, 1.54) is 31.4 Å². The first kappa shape index (κ1) is 30.4. The van der Waals surface area contributed by atoms with Crippen molar-refractivity contribution in [2.24, 2.45) is 16.4 Å². The number of urea groups is 1. The number of alkyl halides is 3. The molecule has 0 radical (unpaired) electrons. The fraction of sp³-hybridized carbons (Fsp3) is 0.214. The molecule has 0 fully saturated rings. The predicted molar refractivity (Wildman–Crippen MR) is 158 cm³/mol. The van der Waals surface area contributed by atoms with Gasteiger partial charge in [-0.3, -0.25) is 14.2 Å². The van der Waals surface area contributed by atoms with E-state index in [1.807, 2.05) is 42.5 Å². The van der Waals surface area contributed by atoms with Crippen LogP contribution < -0.4 is 20.3 Å². The summed E-state index contributed by atoms with van der Waals surface area (Å²) in [6.07, 6.45) is -3.18. The zero-order valence-corrected chi connectivity index (χ0v) is 23.9. The van der Waals surface area contributed by atoms with Crippen molar-refractivity contribution >= 4 is 52.5 Å². The van der Waals surface area contributed by atoms with Crippen LogP contribution in [-0.2, 0) is 11.9 Å². The van der Waals surface area contributed by atoms with Crippen LogP contribution in [0.2, 0.25) is 0 Å². The Morgan fingerprint density at radius 2 is 1.83 bits per heavy atom. The van der Waals surface area contributed by atoms with Gasteiger partial charge in [-0.1, -0.05) is 38.1 Å². The van der Waals surface area contributed by atoms with Crippen LogP contribution >= 0.6 is 12.1 Å². The minimum absolute atomic E-state index is 0.249. The van der Waals surface area contributed by atoms with Gasteiger partial charge >= 0.3 is 12.4 Å². The number of aromatic nitrogens is 2. The maximum absolute atomic E-state index is 12.5. The van der Waals surface area contributed by atoms with Gasteiger partial charge in [-0.25, -0.2) is 19.7 Å². The lowest BCUT2D eigenvalue weighted by atomic mass is 10.0. The van der Waals surface area contributed by atoms with E-state index in [2.05, 4.69) is 48.6 Å². The van der Waals surface area contributed by atoms with Gasteiger partial charge in [0.25, 0.3) is 0 Å². The smallest absolute Gasteiger partial charge is 0.406 e. The number of hydroxylamine groups is 1. The lowest BCUT2D eigenvalue weighted by molar-refractivity contribution is -0.274. The Balaban J connectivity index is 1.46. The van der Waals surface area contributed by atoms with Crippen molar-refractivity contribution in [3.8, 4) is 5.75 Å². The summed E-state index contributed by atoms with van der Waals surface area (Å²) in [6.45, 7) is 4.11. The number of halogens is 3. The van der Waals surface area contributed by atoms with E-state index in [9.17, 15) is 18.0 Å². The van der Waals surface area contributed by atoms with Crippen LogP contribution in [-0.4, -0.2) is 41.3 Å². The van der Waals surface area contributed by atoms with Crippen LogP contribution in [0.4, 0.5) is 29.3 Å². The number of carbonyl (C=O) groups excluding carboxylic acids is 1. The molecule has 10 nitrogen and oxygen atoms in total. The van der Waals surface area contributed by atoms with E-state index in [-0.39, 0.29) is 17.5 Å². The number of amides is 2. The van der Waals surface area contributed by atoms with Gasteiger partial charge in [0, 0.05) is 24.3 Å². The Hall–Kier alpha value is -4.56. The highest BCUT2D eigenvalue weighted by Gasteiger charge is 2.31. The molecule has 0 bridgehead atoms. The average molecular weight is 600 g/mol. The molecule has 1 heterocycles. The third-order valence-corrected chi connectivity index (χ3v) is 6.32. The van der Waals surface area contributed by atoms with Gasteiger partial charge in [0.05, 0.1) is 30.4 Å². The van der Waals surface area contributed by atoms with Crippen LogP contribution in [0.1, 0.15) is 36.6 Å². The molecule has 0 saturated heterocycles. The number of aliphatic imine (C=N–C) groups is 1. The zero-order chi connectivity index (χ0) is 30.3. The van der Waals surface area contributed by atoms with Crippen molar-refractivity contribution in [1.82, 2.24) is 20.0 Å². The number of amidine groups is 1. The first-order chi connectivity index (χ1) is 20.0. The van der Waals surface area contributed by atoms with Crippen LogP contribution in [0.5, 0.6) is 5.75 Å². The molecule has 3 aromatic carbocycles. The van der Waals surface area contributed by atoms with Crippen LogP contribution in [0.25, 0.3) is 10.9 Å². The molecule has 220 valence electrons. The zero-order valence-electron chi connectivity index (χ0n) is 23.1. The maximum Gasteiger partial charge on any atom is 0.573 e. The third-order valence-electron chi connectivity index (χ3n) is 5.83. The molecule has 0 spiro atoms. The summed E-state index contributed by atoms with van der Waals surface area (Å²) in [5, 5.41) is 8.13. The van der Waals surface area contributed by atoms with Gasteiger partial charge in [-0.15, -0.1) is 13.2 Å². The number of hydrogen-bond donors (Lipinski definition) is 3. The maximum atomic E-state index is 12.5. The summed E-state index contributed by atoms with van der Waals surface area (Å²) in [4.78, 5) is 21.9. The van der Waals surface area contributed by atoms with Gasteiger partial charge in [0.2, 0.25) is 0 Å². The quantitative estimate of drug-likeness (QED) is 0.0862. The Morgan fingerprint density at radius 1 is 1.10 bits per heavy atom. The average Bonchev–Trinajstić information content (AvgIpc) is 3.27. The molecular weight excluding hydrogens is 571 g/mol. The molecule has 0 unspecified atom stereocenters. The largest absolute Gasteiger partial charge is 0.573 e. The standard InChI is InChI=1S/C28H28F3N7O3S/c1-17(2)21-7-5-6-8-23(21)34-27(39)37-42-32-16-18-9-14-22-24(15-18)38(3)35-25(22)26(36-40-4)33-19-10-12-20(13-11-19)41-28(29,30)31/h5-17H,1-4H3,(H,33,36)(H2,34,37,39). The minimum atomic E-state index is -4.78. The number of hydrogen-bond acceptors (Lipinski definition) is 7. The number of fused-ring (bicyclic) bond motifs is 1. The molecule has 0 aliphatic carbocycles. The lowest BCUT2D eigenvalue weighted by Crippen LogP contribution is -2.24. The number of anilines is 1. The number of benzene rings is 3. The molecule has 0 atom stereocenters. The fourth-order valence-electron chi connectivity index (χ4n) is 4.02. The summed E-state index contributed by atoms with van der Waals surface area (Å²) in [6, 6.07) is 17.8. The molecule has 4 rings (SSSR count). The predicted octanol–water partition coefficient (Wildman–Crippen LogP) is 6.63. The van der Waals surface area contributed by atoms with E-state index in [0.29, 0.717) is 11.4 Å². The normalized spacial score (nSPS) is 12.2. The molecule has 4 aromatic rings. The van der Waals surface area contributed by atoms with E-state index >= 15 is 0 Å². The van der Waals surface area contributed by atoms with E-state index in [1.54, 1.807) is 17.9 Å². The van der Waals surface area contributed by atoms with Crippen molar-refractivity contribution in [3.05, 3.63) is 83.6 Å². The van der Waals surface area contributed by atoms with Crippen LogP contribution in [0.3, 0.4) is 0 Å². The second-order valence-corrected chi connectivity index (χ2v) is 9.78. The number of para-hydroxylation sites is 1. The van der Waals surface area contributed by atoms with Crippen molar-refractivity contribution in [3.63, 3.8) is 0 Å². The number of carbonyl (C=O) groups is 1. The summed E-state index contributed by atoms with van der Waals surface area (Å²) < 4.78 is 49.8. The number of aryl methyl sites for hydroxylation is 1. The highest BCUT2D eigenvalue weighted by atomic mass is 32.2. The van der Waals surface area contributed by atoms with Crippen molar-refractivity contribution in [2.45, 2.75) is 26.1 Å². The van der Waals surface area contributed by atoms with Gasteiger partial charge in [0.15, 0.2) is 5.84 Å².